The summed E-state index contributed by atoms with van der Waals surface area (Å²) in [4.78, 5) is 12.1. The van der Waals surface area contributed by atoms with Gasteiger partial charge in [0.05, 0.1) is 30.0 Å². The summed E-state index contributed by atoms with van der Waals surface area (Å²) in [5.74, 6) is 0.804. The van der Waals surface area contributed by atoms with Crippen molar-refractivity contribution in [2.45, 2.75) is 6.54 Å². The van der Waals surface area contributed by atoms with Crippen molar-refractivity contribution in [3.63, 3.8) is 0 Å². The van der Waals surface area contributed by atoms with Crippen LogP contribution in [-0.4, -0.2) is 42.2 Å². The summed E-state index contributed by atoms with van der Waals surface area (Å²) >= 11 is 0. The molecule has 0 spiro atoms. The fourth-order valence-electron chi connectivity index (χ4n) is 2.43. The van der Waals surface area contributed by atoms with Gasteiger partial charge in [-0.25, -0.2) is 9.97 Å². The van der Waals surface area contributed by atoms with E-state index in [1.54, 1.807) is 17.2 Å². The molecule has 0 aliphatic carbocycles. The van der Waals surface area contributed by atoms with Crippen LogP contribution < -0.4 is 4.90 Å². The topological polar surface area (TPSA) is 88.4 Å². The number of fused-ring (bicyclic) bond motifs is 1. The van der Waals surface area contributed by atoms with Gasteiger partial charge in [0.25, 0.3) is 0 Å². The number of hydrogen-bond acceptors (Lipinski definition) is 6. The standard InChI is InChI=1S/C15H14N8/c1-22(15-13-8-18-20-14(13)16-10-17-15)9-11-7-19-23(21-11)12-5-3-2-4-6-12/h2-8,10H,9H2,1H3,(H,16,17,18,20). The molecular weight excluding hydrogens is 292 g/mol. The largest absolute Gasteiger partial charge is 0.353 e. The van der Waals surface area contributed by atoms with Crippen molar-refractivity contribution in [2.75, 3.05) is 11.9 Å². The number of hydrogen-bond donors (Lipinski definition) is 1. The molecule has 1 aromatic carbocycles. The van der Waals surface area contributed by atoms with E-state index < -0.39 is 0 Å². The lowest BCUT2D eigenvalue weighted by molar-refractivity contribution is 0.731. The second-order valence-corrected chi connectivity index (χ2v) is 5.15. The molecule has 0 aliphatic rings. The molecule has 4 aromatic rings. The Morgan fingerprint density at radius 2 is 2.00 bits per heavy atom. The third-order valence-electron chi connectivity index (χ3n) is 3.51. The number of rotatable bonds is 4. The summed E-state index contributed by atoms with van der Waals surface area (Å²) in [6.45, 7) is 0.587. The highest BCUT2D eigenvalue weighted by molar-refractivity contribution is 5.85. The SMILES string of the molecule is CN(Cc1cnn(-c2ccccc2)n1)c1ncnc2[nH]ncc12. The highest BCUT2D eigenvalue weighted by atomic mass is 15.5. The van der Waals surface area contributed by atoms with Gasteiger partial charge in [-0.1, -0.05) is 18.2 Å². The van der Waals surface area contributed by atoms with Gasteiger partial charge in [0.2, 0.25) is 0 Å². The van der Waals surface area contributed by atoms with E-state index >= 15 is 0 Å². The van der Waals surface area contributed by atoms with Crippen LogP contribution in [0.25, 0.3) is 16.7 Å². The second kappa shape index (κ2) is 5.48. The van der Waals surface area contributed by atoms with Gasteiger partial charge in [-0.3, -0.25) is 5.10 Å². The Hall–Kier alpha value is -3.29. The number of H-pyrrole nitrogens is 1. The molecule has 114 valence electrons. The van der Waals surface area contributed by atoms with Gasteiger partial charge in [0, 0.05) is 7.05 Å². The van der Waals surface area contributed by atoms with Crippen LogP contribution in [0, 0.1) is 0 Å². The van der Waals surface area contributed by atoms with Crippen LogP contribution in [0.15, 0.2) is 49.1 Å². The Balaban J connectivity index is 1.59. The minimum Gasteiger partial charge on any atom is -0.353 e. The molecular formula is C15H14N8. The van der Waals surface area contributed by atoms with Crippen LogP contribution in [0.4, 0.5) is 5.82 Å². The molecule has 0 amide bonds. The van der Waals surface area contributed by atoms with Gasteiger partial charge < -0.3 is 4.90 Å². The smallest absolute Gasteiger partial charge is 0.160 e. The van der Waals surface area contributed by atoms with Crippen molar-refractivity contribution in [1.82, 2.24) is 35.2 Å². The normalized spacial score (nSPS) is 11.0. The molecule has 0 atom stereocenters. The number of anilines is 1. The number of nitrogens with zero attached hydrogens (tertiary/aromatic N) is 7. The third kappa shape index (κ3) is 2.50. The lowest BCUT2D eigenvalue weighted by atomic mass is 10.3. The van der Waals surface area contributed by atoms with Gasteiger partial charge in [-0.05, 0) is 12.1 Å². The van der Waals surface area contributed by atoms with E-state index in [1.165, 1.54) is 6.33 Å². The van der Waals surface area contributed by atoms with Gasteiger partial charge in [0.1, 0.15) is 17.8 Å². The zero-order valence-electron chi connectivity index (χ0n) is 12.5. The molecule has 4 rings (SSSR count). The monoisotopic (exact) mass is 306 g/mol. The Morgan fingerprint density at radius 1 is 1.13 bits per heavy atom. The summed E-state index contributed by atoms with van der Waals surface area (Å²) in [5.41, 5.74) is 2.50. The molecule has 0 bridgehead atoms. The van der Waals surface area contributed by atoms with Gasteiger partial charge in [-0.2, -0.15) is 20.1 Å². The van der Waals surface area contributed by atoms with Crippen molar-refractivity contribution in [2.24, 2.45) is 0 Å². The minimum absolute atomic E-state index is 0.587. The van der Waals surface area contributed by atoms with E-state index in [4.69, 9.17) is 0 Å². The molecule has 1 N–H and O–H groups in total. The molecule has 0 unspecified atom stereocenters. The van der Waals surface area contributed by atoms with E-state index in [1.807, 2.05) is 42.3 Å². The quantitative estimate of drug-likeness (QED) is 0.615. The van der Waals surface area contributed by atoms with Crippen molar-refractivity contribution in [3.05, 3.63) is 54.7 Å². The predicted molar refractivity (Wildman–Crippen MR) is 85.1 cm³/mol. The molecule has 0 radical (unpaired) electrons. The maximum absolute atomic E-state index is 4.51. The van der Waals surface area contributed by atoms with Gasteiger partial charge in [0.15, 0.2) is 5.65 Å². The average Bonchev–Trinajstić information content (AvgIpc) is 3.24. The minimum atomic E-state index is 0.587. The van der Waals surface area contributed by atoms with Gasteiger partial charge in [-0.15, -0.1) is 0 Å². The highest BCUT2D eigenvalue weighted by Gasteiger charge is 2.12. The molecule has 8 heteroatoms. The Bertz CT molecular complexity index is 927. The van der Waals surface area contributed by atoms with Crippen LogP contribution in [0.1, 0.15) is 5.69 Å². The average molecular weight is 306 g/mol. The first kappa shape index (κ1) is 13.4. The van der Waals surface area contributed by atoms with E-state index in [0.717, 1.165) is 28.2 Å². The lowest BCUT2D eigenvalue weighted by Gasteiger charge is -2.16. The number of para-hydroxylation sites is 1. The molecule has 0 saturated carbocycles. The summed E-state index contributed by atoms with van der Waals surface area (Å²) in [6.07, 6.45) is 5.01. The number of aromatic nitrogens is 7. The Labute approximate surface area is 131 Å². The molecule has 0 fully saturated rings. The molecule has 0 aliphatic heterocycles. The van der Waals surface area contributed by atoms with E-state index in [-0.39, 0.29) is 0 Å². The molecule has 23 heavy (non-hydrogen) atoms. The second-order valence-electron chi connectivity index (χ2n) is 5.15. The fraction of sp³-hybridized carbons (Fsp3) is 0.133. The van der Waals surface area contributed by atoms with Crippen LogP contribution in [-0.2, 0) is 6.54 Å². The number of nitrogens with one attached hydrogen (secondary N) is 1. The third-order valence-corrected chi connectivity index (χ3v) is 3.51. The maximum Gasteiger partial charge on any atom is 0.160 e. The van der Waals surface area contributed by atoms with Crippen LogP contribution in [0.3, 0.4) is 0 Å². The first-order chi connectivity index (χ1) is 11.3. The van der Waals surface area contributed by atoms with Crippen LogP contribution in [0.2, 0.25) is 0 Å². The summed E-state index contributed by atoms with van der Waals surface area (Å²) in [5, 5.41) is 16.6. The lowest BCUT2D eigenvalue weighted by Crippen LogP contribution is -2.18. The van der Waals surface area contributed by atoms with E-state index in [2.05, 4.69) is 30.4 Å². The predicted octanol–water partition coefficient (Wildman–Crippen LogP) is 1.57. The summed E-state index contributed by atoms with van der Waals surface area (Å²) in [7, 11) is 1.95. The van der Waals surface area contributed by atoms with E-state index in [9.17, 15) is 0 Å². The summed E-state index contributed by atoms with van der Waals surface area (Å²) < 4.78 is 0. The first-order valence-corrected chi connectivity index (χ1v) is 7.13. The number of benzene rings is 1. The Kier molecular flexibility index (Phi) is 3.19. The summed E-state index contributed by atoms with van der Waals surface area (Å²) in [6, 6.07) is 9.81. The number of aromatic amines is 1. The van der Waals surface area contributed by atoms with Crippen molar-refractivity contribution in [3.8, 4) is 5.69 Å². The molecule has 3 heterocycles. The van der Waals surface area contributed by atoms with Crippen molar-refractivity contribution in [1.29, 1.82) is 0 Å². The van der Waals surface area contributed by atoms with Crippen LogP contribution >= 0.6 is 0 Å². The molecule has 0 saturated heterocycles. The molecule has 3 aromatic heterocycles. The molecule has 8 nitrogen and oxygen atoms in total. The first-order valence-electron chi connectivity index (χ1n) is 7.13. The Morgan fingerprint density at radius 3 is 2.87 bits per heavy atom. The van der Waals surface area contributed by atoms with Crippen LogP contribution in [0.5, 0.6) is 0 Å². The highest BCUT2D eigenvalue weighted by Crippen LogP contribution is 2.20. The maximum atomic E-state index is 4.51. The van der Waals surface area contributed by atoms with Crippen molar-refractivity contribution < 1.29 is 0 Å². The zero-order valence-corrected chi connectivity index (χ0v) is 12.5. The van der Waals surface area contributed by atoms with E-state index in [0.29, 0.717) is 6.54 Å². The zero-order chi connectivity index (χ0) is 15.6. The fourth-order valence-corrected chi connectivity index (χ4v) is 2.43. The van der Waals surface area contributed by atoms with Gasteiger partial charge >= 0.3 is 0 Å². The van der Waals surface area contributed by atoms with Crippen molar-refractivity contribution >= 4 is 16.9 Å².